The smallest absolute Gasteiger partial charge is 0.342 e. The minimum atomic E-state index is -1.93. The first kappa shape index (κ1) is 29.8. The van der Waals surface area contributed by atoms with E-state index >= 15 is 0 Å². The van der Waals surface area contributed by atoms with Crippen LogP contribution in [-0.2, 0) is 20.8 Å². The maximum Gasteiger partial charge on any atom is 0.342 e. The van der Waals surface area contributed by atoms with Crippen LogP contribution in [-0.4, -0.2) is 99.9 Å². The van der Waals surface area contributed by atoms with E-state index in [-0.39, 0.29) is 18.1 Å². The van der Waals surface area contributed by atoms with Crippen LogP contribution >= 0.6 is 0 Å². The Morgan fingerprint density at radius 2 is 1.71 bits per heavy atom. The second kappa shape index (κ2) is 12.4. The van der Waals surface area contributed by atoms with Crippen molar-refractivity contribution in [3.05, 3.63) is 77.9 Å². The first-order valence-corrected chi connectivity index (χ1v) is 13.9. The van der Waals surface area contributed by atoms with Crippen molar-refractivity contribution in [1.82, 2.24) is 30.2 Å². The van der Waals surface area contributed by atoms with Crippen molar-refractivity contribution in [3.63, 3.8) is 0 Å². The molecule has 5 aromatic rings. The molecule has 3 aromatic carbocycles. The van der Waals surface area contributed by atoms with Crippen molar-refractivity contribution in [2.24, 2.45) is 0 Å². The zero-order valence-electron chi connectivity index (χ0n) is 23.7. The van der Waals surface area contributed by atoms with Crippen LogP contribution in [0, 0.1) is 0 Å². The van der Waals surface area contributed by atoms with Gasteiger partial charge in [0.1, 0.15) is 18.3 Å². The number of H-pyrrole nitrogens is 1. The molecule has 232 valence electrons. The summed E-state index contributed by atoms with van der Waals surface area (Å²) in [5.74, 6) is -2.11. The Labute approximate surface area is 254 Å². The summed E-state index contributed by atoms with van der Waals surface area (Å²) in [6.07, 6.45) is -9.53. The van der Waals surface area contributed by atoms with Crippen molar-refractivity contribution in [3.8, 4) is 28.5 Å². The number of aliphatic hydroxyl groups excluding tert-OH is 3. The van der Waals surface area contributed by atoms with E-state index in [0.717, 1.165) is 22.3 Å². The third kappa shape index (κ3) is 5.72. The number of carboxylic acids is 1. The van der Waals surface area contributed by atoms with Gasteiger partial charge in [0.05, 0.1) is 29.7 Å². The molecule has 1 fully saturated rings. The molecule has 0 saturated carbocycles. The Hall–Kier alpha value is -5.22. The van der Waals surface area contributed by atoms with Crippen LogP contribution in [0.15, 0.2) is 66.7 Å². The van der Waals surface area contributed by atoms with Gasteiger partial charge in [-0.2, -0.15) is 10.2 Å². The molecule has 1 aliphatic rings. The van der Waals surface area contributed by atoms with Crippen molar-refractivity contribution in [1.29, 1.82) is 0 Å². The van der Waals surface area contributed by atoms with Gasteiger partial charge in [-0.1, -0.05) is 54.6 Å². The molecule has 1 aliphatic heterocycles. The second-order valence-electron chi connectivity index (χ2n) is 10.2. The quantitative estimate of drug-likeness (QED) is 0.148. The fourth-order valence-corrected chi connectivity index (χ4v) is 5.21. The number of carbonyl (C=O) groups excluding carboxylic acids is 1. The van der Waals surface area contributed by atoms with E-state index in [1.165, 1.54) is 6.07 Å². The fraction of sp³-hybridized carbons (Fsp3) is 0.267. The molecule has 0 aliphatic carbocycles. The summed E-state index contributed by atoms with van der Waals surface area (Å²) in [4.78, 5) is 29.5. The average molecular weight is 617 g/mol. The van der Waals surface area contributed by atoms with Crippen molar-refractivity contribution in [2.75, 3.05) is 6.61 Å². The number of nitrogens with one attached hydrogen (secondary N) is 1. The molecule has 1 saturated heterocycles. The van der Waals surface area contributed by atoms with Crippen LogP contribution in [0.4, 0.5) is 0 Å². The highest BCUT2D eigenvalue weighted by Gasteiger charge is 2.48. The van der Waals surface area contributed by atoms with Gasteiger partial charge in [-0.05, 0) is 41.0 Å². The number of ether oxygens (including phenoxy) is 3. The SMILES string of the molecule is CCOc1nc2cccc(C(=O)O[C@@H]3O[C@H](C(=O)O)[C@@H](O)[C@H](O)[C@H]3O)c2n1Cc1ccc(-c2ccccc2-c2nn[nH]n2)cc1. The Balaban J connectivity index is 1.31. The Bertz CT molecular complexity index is 1830. The molecule has 5 N–H and O–H groups in total. The molecule has 0 unspecified atom stereocenters. The minimum absolute atomic E-state index is 0.0277. The zero-order valence-corrected chi connectivity index (χ0v) is 23.7. The predicted octanol–water partition coefficient (Wildman–Crippen LogP) is 1.38. The summed E-state index contributed by atoms with van der Waals surface area (Å²) in [7, 11) is 0. The lowest BCUT2D eigenvalue weighted by atomic mass is 9.98. The molecule has 0 radical (unpaired) electrons. The van der Waals surface area contributed by atoms with Gasteiger partial charge in [-0.15, -0.1) is 10.2 Å². The van der Waals surface area contributed by atoms with E-state index in [9.17, 15) is 30.0 Å². The molecule has 0 amide bonds. The molecule has 15 heteroatoms. The highest BCUT2D eigenvalue weighted by Crippen LogP contribution is 2.32. The van der Waals surface area contributed by atoms with Crippen molar-refractivity contribution < 1.29 is 44.2 Å². The number of tetrazole rings is 1. The number of aliphatic carboxylic acids is 1. The van der Waals surface area contributed by atoms with Gasteiger partial charge in [0.2, 0.25) is 12.1 Å². The number of hydrogen-bond acceptors (Lipinski definition) is 12. The number of carbonyl (C=O) groups is 2. The number of aliphatic hydroxyl groups is 3. The second-order valence-corrected chi connectivity index (χ2v) is 10.2. The highest BCUT2D eigenvalue weighted by atomic mass is 16.7. The topological polar surface area (TPSA) is 215 Å². The van der Waals surface area contributed by atoms with Crippen LogP contribution in [0.1, 0.15) is 22.8 Å². The number of fused-ring (bicyclic) bond motifs is 1. The number of carboxylic acid groups (broad SMARTS) is 1. The monoisotopic (exact) mass is 616 g/mol. The molecular formula is C30H28N6O9. The average Bonchev–Trinajstić information content (AvgIpc) is 3.70. The summed E-state index contributed by atoms with van der Waals surface area (Å²) in [5, 5.41) is 54.1. The zero-order chi connectivity index (χ0) is 31.7. The Morgan fingerprint density at radius 3 is 2.40 bits per heavy atom. The summed E-state index contributed by atoms with van der Waals surface area (Å²) < 4.78 is 18.0. The number of hydrogen-bond donors (Lipinski definition) is 5. The van der Waals surface area contributed by atoms with Crippen molar-refractivity contribution in [2.45, 2.75) is 44.2 Å². The van der Waals surface area contributed by atoms with E-state index in [1.807, 2.05) is 48.5 Å². The summed E-state index contributed by atoms with van der Waals surface area (Å²) in [6.45, 7) is 2.35. The first-order chi connectivity index (χ1) is 21.8. The van der Waals surface area contributed by atoms with E-state index in [2.05, 4.69) is 25.6 Å². The molecule has 5 atom stereocenters. The van der Waals surface area contributed by atoms with E-state index in [1.54, 1.807) is 23.6 Å². The molecular weight excluding hydrogens is 588 g/mol. The van der Waals surface area contributed by atoms with Crippen LogP contribution in [0.5, 0.6) is 6.01 Å². The number of imidazole rings is 1. The van der Waals surface area contributed by atoms with Gasteiger partial charge in [0.15, 0.2) is 6.10 Å². The standard InChI is InChI=1S/C30H28N6O9/c1-2-43-30-31-20-9-5-8-19(28(42)45-29-24(39)22(37)23(38)25(44-29)27(40)41)21(20)36(30)14-15-10-12-16(13-11-15)17-6-3-4-7-18(17)26-32-34-35-33-26/h3-13,22-25,29,37-39H,2,14H2,1H3,(H,40,41)(H,32,33,34,35)/t22-,23-,24+,25-,29-/m0/s1. The van der Waals surface area contributed by atoms with Crippen LogP contribution in [0.2, 0.25) is 0 Å². The molecule has 3 heterocycles. The highest BCUT2D eigenvalue weighted by molar-refractivity contribution is 6.02. The van der Waals surface area contributed by atoms with E-state index in [4.69, 9.17) is 14.2 Å². The van der Waals surface area contributed by atoms with Gasteiger partial charge in [-0.25, -0.2) is 9.59 Å². The largest absolute Gasteiger partial charge is 0.479 e. The first-order valence-electron chi connectivity index (χ1n) is 13.9. The predicted molar refractivity (Wildman–Crippen MR) is 155 cm³/mol. The molecule has 45 heavy (non-hydrogen) atoms. The number of aromatic nitrogens is 6. The van der Waals surface area contributed by atoms with Crippen LogP contribution in [0.3, 0.4) is 0 Å². The molecule has 2 aromatic heterocycles. The molecule has 15 nitrogen and oxygen atoms in total. The normalized spacial score (nSPS) is 21.5. The van der Waals surface area contributed by atoms with Gasteiger partial charge in [0, 0.05) is 5.56 Å². The lowest BCUT2D eigenvalue weighted by molar-refractivity contribution is -0.278. The third-order valence-electron chi connectivity index (χ3n) is 7.38. The number of benzene rings is 3. The van der Waals surface area contributed by atoms with Gasteiger partial charge < -0.3 is 34.6 Å². The number of para-hydroxylation sites is 1. The molecule has 6 rings (SSSR count). The van der Waals surface area contributed by atoms with Crippen LogP contribution in [0.25, 0.3) is 33.5 Å². The number of rotatable bonds is 9. The fourth-order valence-electron chi connectivity index (χ4n) is 5.21. The van der Waals surface area contributed by atoms with Gasteiger partial charge >= 0.3 is 11.9 Å². The van der Waals surface area contributed by atoms with Gasteiger partial charge in [-0.3, -0.25) is 4.57 Å². The molecule has 0 spiro atoms. The summed E-state index contributed by atoms with van der Waals surface area (Å²) >= 11 is 0. The van der Waals surface area contributed by atoms with E-state index < -0.39 is 42.6 Å². The van der Waals surface area contributed by atoms with Crippen molar-refractivity contribution >= 4 is 23.0 Å². The van der Waals surface area contributed by atoms with Gasteiger partial charge in [0.25, 0.3) is 6.01 Å². The number of nitrogens with zero attached hydrogens (tertiary/aromatic N) is 5. The maximum atomic E-state index is 13.4. The maximum absolute atomic E-state index is 13.4. The lowest BCUT2D eigenvalue weighted by Gasteiger charge is -2.37. The molecule has 0 bridgehead atoms. The Morgan fingerprint density at radius 1 is 0.956 bits per heavy atom. The lowest BCUT2D eigenvalue weighted by Crippen LogP contribution is -2.60. The minimum Gasteiger partial charge on any atom is -0.479 e. The third-order valence-corrected chi connectivity index (χ3v) is 7.38. The number of aromatic amines is 1. The summed E-state index contributed by atoms with van der Waals surface area (Å²) in [5.41, 5.74) is 4.30. The number of esters is 1. The van der Waals surface area contributed by atoms with Crippen LogP contribution < -0.4 is 4.74 Å². The summed E-state index contributed by atoms with van der Waals surface area (Å²) in [6, 6.07) is 20.4. The van der Waals surface area contributed by atoms with E-state index in [0.29, 0.717) is 23.5 Å². The Kier molecular flexibility index (Phi) is 8.23.